The van der Waals surface area contributed by atoms with Crippen molar-refractivity contribution in [1.82, 2.24) is 30.0 Å². The summed E-state index contributed by atoms with van der Waals surface area (Å²) < 4.78 is 0. The Labute approximate surface area is 168 Å². The van der Waals surface area contributed by atoms with Gasteiger partial charge in [-0.15, -0.1) is 0 Å². The molecule has 3 aromatic heterocycles. The molecule has 1 aliphatic rings. The zero-order chi connectivity index (χ0) is 20.4. The molecular weight excluding hydrogens is 368 g/mol. The maximum Gasteiger partial charge on any atom is 0.274 e. The fraction of sp³-hybridized carbons (Fsp3) is 0.333. The molecule has 4 rings (SSSR count). The second-order valence-corrected chi connectivity index (χ2v) is 7.22. The van der Waals surface area contributed by atoms with Crippen LogP contribution in [0.1, 0.15) is 52.9 Å². The van der Waals surface area contributed by atoms with Gasteiger partial charge in [-0.3, -0.25) is 14.6 Å². The van der Waals surface area contributed by atoms with Gasteiger partial charge >= 0.3 is 0 Å². The van der Waals surface area contributed by atoms with Crippen molar-refractivity contribution in [1.29, 1.82) is 0 Å². The number of piperidine rings is 1. The molecule has 0 bridgehead atoms. The maximum absolute atomic E-state index is 13.2. The Kier molecular flexibility index (Phi) is 5.16. The fourth-order valence-electron chi connectivity index (χ4n) is 3.79. The second-order valence-electron chi connectivity index (χ2n) is 7.22. The number of pyridine rings is 1. The molecule has 1 amide bonds. The molecule has 148 valence electrons. The van der Waals surface area contributed by atoms with E-state index in [-0.39, 0.29) is 23.2 Å². The minimum atomic E-state index is -0.335. The number of H-pyrrole nitrogens is 1. The van der Waals surface area contributed by atoms with Crippen LogP contribution in [0.25, 0.3) is 11.1 Å². The lowest BCUT2D eigenvalue weighted by molar-refractivity contribution is 0.0599. The van der Waals surface area contributed by atoms with Crippen LogP contribution in [0.3, 0.4) is 0 Å². The minimum absolute atomic E-state index is 0.186. The summed E-state index contributed by atoms with van der Waals surface area (Å²) in [5.41, 5.74) is 3.67. The molecule has 29 heavy (non-hydrogen) atoms. The van der Waals surface area contributed by atoms with Crippen molar-refractivity contribution in [2.45, 2.75) is 39.2 Å². The van der Waals surface area contributed by atoms with Gasteiger partial charge in [0.25, 0.3) is 11.5 Å². The molecule has 4 heterocycles. The van der Waals surface area contributed by atoms with Crippen molar-refractivity contribution < 1.29 is 4.79 Å². The quantitative estimate of drug-likeness (QED) is 0.737. The molecule has 0 aromatic carbocycles. The molecule has 0 saturated carbocycles. The molecule has 0 radical (unpaired) electrons. The van der Waals surface area contributed by atoms with Crippen LogP contribution >= 0.6 is 0 Å². The molecule has 0 spiro atoms. The van der Waals surface area contributed by atoms with Gasteiger partial charge in [-0.2, -0.15) is 5.10 Å². The van der Waals surface area contributed by atoms with E-state index in [1.807, 2.05) is 37.2 Å². The average molecular weight is 390 g/mol. The molecule has 0 unspecified atom stereocenters. The number of rotatable bonds is 3. The third-order valence-electron chi connectivity index (χ3n) is 5.23. The Morgan fingerprint density at radius 2 is 2.00 bits per heavy atom. The number of hydrogen-bond acceptors (Lipinski definition) is 6. The number of aromatic amines is 1. The van der Waals surface area contributed by atoms with E-state index >= 15 is 0 Å². The number of carbonyl (C=O) groups is 1. The van der Waals surface area contributed by atoms with Gasteiger partial charge in [-0.05, 0) is 56.4 Å². The van der Waals surface area contributed by atoms with Gasteiger partial charge in [-0.25, -0.2) is 15.1 Å². The molecule has 1 fully saturated rings. The van der Waals surface area contributed by atoms with Crippen molar-refractivity contribution in [2.75, 3.05) is 6.54 Å². The Morgan fingerprint density at radius 1 is 1.14 bits per heavy atom. The smallest absolute Gasteiger partial charge is 0.274 e. The second kappa shape index (κ2) is 7.90. The van der Waals surface area contributed by atoms with Crippen LogP contribution in [0.15, 0.2) is 41.6 Å². The van der Waals surface area contributed by atoms with Gasteiger partial charge < -0.3 is 4.90 Å². The van der Waals surface area contributed by atoms with E-state index < -0.39 is 0 Å². The van der Waals surface area contributed by atoms with Crippen LogP contribution in [0.2, 0.25) is 0 Å². The third-order valence-corrected chi connectivity index (χ3v) is 5.23. The largest absolute Gasteiger partial charge is 0.329 e. The number of aromatic nitrogens is 5. The number of aryl methyl sites for hydroxylation is 2. The zero-order valence-electron chi connectivity index (χ0n) is 16.4. The normalized spacial score (nSPS) is 16.6. The third kappa shape index (κ3) is 3.78. The molecule has 8 heteroatoms. The highest BCUT2D eigenvalue weighted by Crippen LogP contribution is 2.37. The molecule has 1 N–H and O–H groups in total. The van der Waals surface area contributed by atoms with E-state index in [0.29, 0.717) is 12.4 Å². The van der Waals surface area contributed by atoms with Crippen LogP contribution in [-0.4, -0.2) is 42.5 Å². The first kappa shape index (κ1) is 18.9. The van der Waals surface area contributed by atoms with Crippen molar-refractivity contribution in [3.63, 3.8) is 0 Å². The summed E-state index contributed by atoms with van der Waals surface area (Å²) in [5, 5.41) is 6.27. The van der Waals surface area contributed by atoms with E-state index in [2.05, 4.69) is 20.2 Å². The Morgan fingerprint density at radius 3 is 2.76 bits per heavy atom. The van der Waals surface area contributed by atoms with Gasteiger partial charge in [0.15, 0.2) is 0 Å². The monoisotopic (exact) mass is 390 g/mol. The lowest BCUT2D eigenvalue weighted by Gasteiger charge is -2.36. The summed E-state index contributed by atoms with van der Waals surface area (Å²) in [7, 11) is 0. The number of carbonyl (C=O) groups excluding carboxylic acids is 1. The Hall–Kier alpha value is -3.42. The molecule has 1 atom stereocenters. The van der Waals surface area contributed by atoms with Crippen LogP contribution in [-0.2, 0) is 0 Å². The predicted octanol–water partition coefficient (Wildman–Crippen LogP) is 2.61. The number of amides is 1. The molecule has 8 nitrogen and oxygen atoms in total. The lowest BCUT2D eigenvalue weighted by atomic mass is 9.92. The highest BCUT2D eigenvalue weighted by molar-refractivity contribution is 5.92. The number of likely N-dealkylation sites (tertiary alicyclic amines) is 1. The summed E-state index contributed by atoms with van der Waals surface area (Å²) in [5.74, 6) is 0.454. The SMILES string of the molecule is Cc1ncc(-c2ccncc2C)c([C@@H]2CCCCN2C(=O)c2ccc(=O)[nH]n2)n1. The molecule has 1 aliphatic heterocycles. The highest BCUT2D eigenvalue weighted by atomic mass is 16.2. The minimum Gasteiger partial charge on any atom is -0.329 e. The van der Waals surface area contributed by atoms with Crippen molar-refractivity contribution in [2.24, 2.45) is 0 Å². The average Bonchev–Trinajstić information content (AvgIpc) is 2.74. The van der Waals surface area contributed by atoms with Crippen molar-refractivity contribution >= 4 is 5.91 Å². The first-order valence-electron chi connectivity index (χ1n) is 9.66. The summed E-state index contributed by atoms with van der Waals surface area (Å²) in [6, 6.07) is 4.55. The highest BCUT2D eigenvalue weighted by Gasteiger charge is 2.32. The lowest BCUT2D eigenvalue weighted by Crippen LogP contribution is -2.40. The van der Waals surface area contributed by atoms with E-state index in [1.54, 1.807) is 6.20 Å². The predicted molar refractivity (Wildman–Crippen MR) is 107 cm³/mol. The Bertz CT molecular complexity index is 1090. The van der Waals surface area contributed by atoms with E-state index in [4.69, 9.17) is 4.98 Å². The van der Waals surface area contributed by atoms with Crippen LogP contribution in [0.5, 0.6) is 0 Å². The Balaban J connectivity index is 1.78. The number of hydrogen-bond donors (Lipinski definition) is 1. The van der Waals surface area contributed by atoms with Gasteiger partial charge in [0.2, 0.25) is 0 Å². The van der Waals surface area contributed by atoms with Gasteiger partial charge in [0.1, 0.15) is 11.5 Å². The van der Waals surface area contributed by atoms with E-state index in [0.717, 1.165) is 41.6 Å². The van der Waals surface area contributed by atoms with Crippen LogP contribution in [0.4, 0.5) is 0 Å². The van der Waals surface area contributed by atoms with Gasteiger partial charge in [-0.1, -0.05) is 0 Å². The summed E-state index contributed by atoms with van der Waals surface area (Å²) >= 11 is 0. The molecular formula is C21H22N6O2. The van der Waals surface area contributed by atoms with Crippen molar-refractivity contribution in [3.05, 3.63) is 69.9 Å². The molecule has 3 aromatic rings. The first-order valence-corrected chi connectivity index (χ1v) is 9.66. The van der Waals surface area contributed by atoms with Gasteiger partial charge in [0, 0.05) is 36.8 Å². The summed E-state index contributed by atoms with van der Waals surface area (Å²) in [6.07, 6.45) is 8.12. The van der Waals surface area contributed by atoms with Crippen LogP contribution < -0.4 is 5.56 Å². The topological polar surface area (TPSA) is 105 Å². The summed E-state index contributed by atoms with van der Waals surface area (Å²) in [6.45, 7) is 4.47. The number of nitrogens with one attached hydrogen (secondary N) is 1. The standard InChI is InChI=1S/C21H22N6O2/c1-13-11-22-9-8-15(13)16-12-23-14(2)24-20(16)18-5-3-4-10-27(18)21(29)17-6-7-19(28)26-25-17/h6-9,11-12,18H,3-5,10H2,1-2H3,(H,26,28)/t18-/m0/s1. The number of nitrogens with zero attached hydrogens (tertiary/aromatic N) is 5. The first-order chi connectivity index (χ1) is 14.0. The molecule has 1 saturated heterocycles. The van der Waals surface area contributed by atoms with Crippen LogP contribution in [0, 0.1) is 13.8 Å². The van der Waals surface area contributed by atoms with E-state index in [1.165, 1.54) is 12.1 Å². The van der Waals surface area contributed by atoms with Gasteiger partial charge in [0.05, 0.1) is 11.7 Å². The fourth-order valence-corrected chi connectivity index (χ4v) is 3.79. The summed E-state index contributed by atoms with van der Waals surface area (Å²) in [4.78, 5) is 39.6. The van der Waals surface area contributed by atoms with Crippen molar-refractivity contribution in [3.8, 4) is 11.1 Å². The maximum atomic E-state index is 13.2. The molecule has 0 aliphatic carbocycles. The zero-order valence-corrected chi connectivity index (χ0v) is 16.4. The van der Waals surface area contributed by atoms with E-state index in [9.17, 15) is 9.59 Å².